The van der Waals surface area contributed by atoms with Crippen LogP contribution in [0.15, 0.2) is 91.0 Å². The van der Waals surface area contributed by atoms with Gasteiger partial charge in [0, 0.05) is 5.92 Å². The van der Waals surface area contributed by atoms with E-state index in [0.29, 0.717) is 5.92 Å². The third kappa shape index (κ3) is 6.33. The molecule has 0 heterocycles. The van der Waals surface area contributed by atoms with Gasteiger partial charge in [-0.2, -0.15) is 0 Å². The Labute approximate surface area is 196 Å². The van der Waals surface area contributed by atoms with Gasteiger partial charge in [0.25, 0.3) is 0 Å². The molecule has 0 radical (unpaired) electrons. The van der Waals surface area contributed by atoms with Crippen molar-refractivity contribution in [3.8, 4) is 0 Å². The van der Waals surface area contributed by atoms with Crippen molar-refractivity contribution in [2.45, 2.75) is 76.7 Å². The van der Waals surface area contributed by atoms with E-state index in [-0.39, 0.29) is 5.54 Å². The smallest absolute Gasteiger partial charge is 0.0757 e. The second-order valence-corrected chi connectivity index (χ2v) is 9.07. The maximum Gasteiger partial charge on any atom is 0.0757 e. The molecular formula is C31H41N. The predicted octanol–water partition coefficient (Wildman–Crippen LogP) is 8.46. The lowest BCUT2D eigenvalue weighted by molar-refractivity contribution is 0.337. The lowest BCUT2D eigenvalue weighted by Crippen LogP contribution is -2.48. The van der Waals surface area contributed by atoms with Crippen LogP contribution in [-0.4, -0.2) is 6.54 Å². The highest BCUT2D eigenvalue weighted by molar-refractivity contribution is 5.43. The Morgan fingerprint density at radius 3 is 1.53 bits per heavy atom. The molecule has 0 aliphatic rings. The van der Waals surface area contributed by atoms with Crippen LogP contribution < -0.4 is 5.32 Å². The summed E-state index contributed by atoms with van der Waals surface area (Å²) in [5.41, 5.74) is 3.78. The monoisotopic (exact) mass is 427 g/mol. The zero-order chi connectivity index (χ0) is 22.5. The molecule has 1 heteroatoms. The van der Waals surface area contributed by atoms with E-state index in [1.807, 2.05) is 0 Å². The standard InChI is InChI=1S/C31H41N/c1-3-4-5-6-7-8-9-19-26-32-31(29-22-15-11-16-23-29,30-24-17-12-18-25-30)27(2)28-20-13-10-14-21-28/h10-18,20-25,27,32H,3-9,19,26H2,1-2H3. The Bertz CT molecular complexity index is 817. The zero-order valence-electron chi connectivity index (χ0n) is 20.1. The Kier molecular flexibility index (Phi) is 10.0. The van der Waals surface area contributed by atoms with Crippen molar-refractivity contribution in [2.75, 3.05) is 6.54 Å². The summed E-state index contributed by atoms with van der Waals surface area (Å²) in [7, 11) is 0. The fourth-order valence-corrected chi connectivity index (χ4v) is 4.96. The summed E-state index contributed by atoms with van der Waals surface area (Å²) in [5, 5.41) is 4.08. The molecular weight excluding hydrogens is 386 g/mol. The molecule has 32 heavy (non-hydrogen) atoms. The molecule has 170 valence electrons. The van der Waals surface area contributed by atoms with Crippen LogP contribution in [0.4, 0.5) is 0 Å². The summed E-state index contributed by atoms with van der Waals surface area (Å²) < 4.78 is 0. The first-order valence-electron chi connectivity index (χ1n) is 12.7. The van der Waals surface area contributed by atoms with Gasteiger partial charge in [0.1, 0.15) is 0 Å². The SMILES string of the molecule is CCCCCCCCCCNC(c1ccccc1)(c1ccccc1)C(C)c1ccccc1. The molecule has 0 bridgehead atoms. The van der Waals surface area contributed by atoms with Gasteiger partial charge in [0.05, 0.1) is 5.54 Å². The van der Waals surface area contributed by atoms with Crippen molar-refractivity contribution in [3.05, 3.63) is 108 Å². The van der Waals surface area contributed by atoms with Crippen molar-refractivity contribution in [2.24, 2.45) is 0 Å². The van der Waals surface area contributed by atoms with Gasteiger partial charge in [0.15, 0.2) is 0 Å². The summed E-state index contributed by atoms with van der Waals surface area (Å²) in [6, 6.07) is 33.0. The van der Waals surface area contributed by atoms with E-state index in [1.165, 1.54) is 68.1 Å². The summed E-state index contributed by atoms with van der Waals surface area (Å²) in [6.07, 6.45) is 10.8. The van der Waals surface area contributed by atoms with Crippen molar-refractivity contribution >= 4 is 0 Å². The maximum absolute atomic E-state index is 4.08. The molecule has 1 N–H and O–H groups in total. The molecule has 0 aliphatic heterocycles. The van der Waals surface area contributed by atoms with E-state index < -0.39 is 0 Å². The van der Waals surface area contributed by atoms with E-state index in [4.69, 9.17) is 0 Å². The largest absolute Gasteiger partial charge is 0.303 e. The molecule has 1 atom stereocenters. The second-order valence-electron chi connectivity index (χ2n) is 9.07. The summed E-state index contributed by atoms with van der Waals surface area (Å²) in [5.74, 6) is 0.294. The molecule has 3 aromatic carbocycles. The maximum atomic E-state index is 4.08. The number of rotatable bonds is 14. The van der Waals surface area contributed by atoms with Crippen LogP contribution in [0.25, 0.3) is 0 Å². The normalized spacial score (nSPS) is 12.6. The van der Waals surface area contributed by atoms with E-state index >= 15 is 0 Å². The van der Waals surface area contributed by atoms with Gasteiger partial charge < -0.3 is 5.32 Å². The van der Waals surface area contributed by atoms with E-state index in [1.54, 1.807) is 0 Å². The number of hydrogen-bond acceptors (Lipinski definition) is 1. The van der Waals surface area contributed by atoms with Gasteiger partial charge in [-0.15, -0.1) is 0 Å². The van der Waals surface area contributed by atoms with Crippen LogP contribution >= 0.6 is 0 Å². The van der Waals surface area contributed by atoms with Crippen molar-refractivity contribution in [1.29, 1.82) is 0 Å². The van der Waals surface area contributed by atoms with Crippen molar-refractivity contribution < 1.29 is 0 Å². The molecule has 0 saturated carbocycles. The van der Waals surface area contributed by atoms with E-state index in [0.717, 1.165) is 6.54 Å². The quantitative estimate of drug-likeness (QED) is 0.254. The molecule has 1 unspecified atom stereocenters. The van der Waals surface area contributed by atoms with Gasteiger partial charge in [-0.3, -0.25) is 0 Å². The van der Waals surface area contributed by atoms with Crippen LogP contribution in [0.3, 0.4) is 0 Å². The number of hydrogen-bond donors (Lipinski definition) is 1. The van der Waals surface area contributed by atoms with Crippen LogP contribution in [0.5, 0.6) is 0 Å². The van der Waals surface area contributed by atoms with Gasteiger partial charge in [-0.1, -0.05) is 150 Å². The Morgan fingerprint density at radius 2 is 1.03 bits per heavy atom. The average molecular weight is 428 g/mol. The molecule has 0 aromatic heterocycles. The van der Waals surface area contributed by atoms with Crippen molar-refractivity contribution in [3.63, 3.8) is 0 Å². The average Bonchev–Trinajstić information content (AvgIpc) is 2.87. The highest BCUT2D eigenvalue weighted by Crippen LogP contribution is 2.42. The molecule has 0 spiro atoms. The molecule has 0 saturated heterocycles. The molecule has 0 fully saturated rings. The van der Waals surface area contributed by atoms with Crippen LogP contribution in [0.2, 0.25) is 0 Å². The number of nitrogens with one attached hydrogen (secondary N) is 1. The first-order valence-corrected chi connectivity index (χ1v) is 12.7. The molecule has 0 amide bonds. The fraction of sp³-hybridized carbons (Fsp3) is 0.419. The minimum absolute atomic E-state index is 0.259. The summed E-state index contributed by atoms with van der Waals surface area (Å²) in [4.78, 5) is 0. The number of benzene rings is 3. The Balaban J connectivity index is 1.80. The third-order valence-electron chi connectivity index (χ3n) is 6.84. The van der Waals surface area contributed by atoms with Gasteiger partial charge in [-0.05, 0) is 29.7 Å². The third-order valence-corrected chi connectivity index (χ3v) is 6.84. The first kappa shape index (κ1) is 24.3. The van der Waals surface area contributed by atoms with Crippen LogP contribution in [-0.2, 0) is 5.54 Å². The topological polar surface area (TPSA) is 12.0 Å². The second kappa shape index (κ2) is 13.2. The van der Waals surface area contributed by atoms with Crippen LogP contribution in [0.1, 0.15) is 87.8 Å². The predicted molar refractivity (Wildman–Crippen MR) is 139 cm³/mol. The van der Waals surface area contributed by atoms with E-state index in [2.05, 4.69) is 110 Å². The lowest BCUT2D eigenvalue weighted by atomic mass is 9.71. The molecule has 3 aromatic rings. The minimum Gasteiger partial charge on any atom is -0.303 e. The van der Waals surface area contributed by atoms with Gasteiger partial charge in [-0.25, -0.2) is 0 Å². The summed E-state index contributed by atoms with van der Waals surface area (Å²) >= 11 is 0. The highest BCUT2D eigenvalue weighted by Gasteiger charge is 2.39. The van der Waals surface area contributed by atoms with E-state index in [9.17, 15) is 0 Å². The fourth-order valence-electron chi connectivity index (χ4n) is 4.96. The van der Waals surface area contributed by atoms with Gasteiger partial charge in [0.2, 0.25) is 0 Å². The Morgan fingerprint density at radius 1 is 0.594 bits per heavy atom. The highest BCUT2D eigenvalue weighted by atomic mass is 15.0. The lowest BCUT2D eigenvalue weighted by Gasteiger charge is -2.42. The molecule has 1 nitrogen and oxygen atoms in total. The van der Waals surface area contributed by atoms with Crippen LogP contribution in [0, 0.1) is 0 Å². The first-order chi connectivity index (χ1) is 15.8. The number of unbranched alkanes of at least 4 members (excludes halogenated alkanes) is 7. The van der Waals surface area contributed by atoms with Crippen molar-refractivity contribution in [1.82, 2.24) is 5.32 Å². The minimum atomic E-state index is -0.259. The summed E-state index contributed by atoms with van der Waals surface area (Å²) in [6.45, 7) is 5.68. The zero-order valence-corrected chi connectivity index (χ0v) is 20.1. The molecule has 0 aliphatic carbocycles. The Hall–Kier alpha value is -2.38. The van der Waals surface area contributed by atoms with Gasteiger partial charge >= 0.3 is 0 Å². The molecule has 3 rings (SSSR count).